The van der Waals surface area contributed by atoms with Gasteiger partial charge in [-0.3, -0.25) is 4.79 Å². The van der Waals surface area contributed by atoms with Gasteiger partial charge in [-0.25, -0.2) is 4.39 Å². The van der Waals surface area contributed by atoms with E-state index in [9.17, 15) is 9.18 Å². The molecular weight excluding hydrogens is 345 g/mol. The number of hydrogen-bond acceptors (Lipinski definition) is 5. The van der Waals surface area contributed by atoms with E-state index in [1.807, 2.05) is 0 Å². The van der Waals surface area contributed by atoms with E-state index < -0.39 is 17.8 Å². The van der Waals surface area contributed by atoms with Gasteiger partial charge in [0.15, 0.2) is 5.82 Å². The smallest absolute Gasteiger partial charge is 0.257 e. The highest BCUT2D eigenvalue weighted by molar-refractivity contribution is 9.10. The quantitative estimate of drug-likeness (QED) is 0.825. The average Bonchev–Trinajstić information content (AvgIpc) is 3.01. The highest BCUT2D eigenvalue weighted by Gasteiger charge is 2.33. The molecule has 1 amide bonds. The first-order chi connectivity index (χ1) is 10.2. The molecule has 1 unspecified atom stereocenters. The molecule has 3 rings (SSSR count). The number of halogens is 2. The van der Waals surface area contributed by atoms with Crippen LogP contribution in [0.5, 0.6) is 0 Å². The zero-order chi connectivity index (χ0) is 14.8. The lowest BCUT2D eigenvalue weighted by atomic mass is 10.1. The maximum atomic E-state index is 14.0. The first-order valence-corrected chi connectivity index (χ1v) is 7.06. The number of benzene rings is 1. The topological polar surface area (TPSA) is 68.5 Å². The largest absolute Gasteiger partial charge is 0.377 e. The van der Waals surface area contributed by atoms with Crippen LogP contribution in [0.1, 0.15) is 22.2 Å². The van der Waals surface area contributed by atoms with Crippen molar-refractivity contribution in [2.75, 3.05) is 19.8 Å². The number of nitrogens with zero attached hydrogens (tertiary/aromatic N) is 3. The van der Waals surface area contributed by atoms with Crippen molar-refractivity contribution in [2.45, 2.75) is 6.04 Å². The van der Waals surface area contributed by atoms with Crippen molar-refractivity contribution in [3.05, 3.63) is 46.3 Å². The Kier molecular flexibility index (Phi) is 3.98. The van der Waals surface area contributed by atoms with Gasteiger partial charge >= 0.3 is 0 Å². The van der Waals surface area contributed by atoms with E-state index >= 15 is 0 Å². The number of hydrogen-bond donors (Lipinski definition) is 0. The number of ether oxygens (including phenoxy) is 1. The lowest BCUT2D eigenvalue weighted by Crippen LogP contribution is -2.44. The number of aromatic nitrogens is 2. The Morgan fingerprint density at radius 2 is 2.33 bits per heavy atom. The van der Waals surface area contributed by atoms with E-state index in [1.54, 1.807) is 6.07 Å². The molecule has 1 saturated heterocycles. The van der Waals surface area contributed by atoms with Gasteiger partial charge in [-0.15, -0.1) is 0 Å². The lowest BCUT2D eigenvalue weighted by Gasteiger charge is -2.33. The molecule has 2 heterocycles. The molecule has 21 heavy (non-hydrogen) atoms. The highest BCUT2D eigenvalue weighted by atomic mass is 79.9. The number of rotatable bonds is 2. The molecule has 0 aliphatic carbocycles. The van der Waals surface area contributed by atoms with E-state index in [-0.39, 0.29) is 12.2 Å². The fraction of sp³-hybridized carbons (Fsp3) is 0.308. The molecule has 1 aliphatic rings. The van der Waals surface area contributed by atoms with Crippen LogP contribution in [-0.4, -0.2) is 40.7 Å². The predicted octanol–water partition coefficient (Wildman–Crippen LogP) is 2.18. The second kappa shape index (κ2) is 5.90. The second-order valence-corrected chi connectivity index (χ2v) is 5.42. The molecule has 1 fully saturated rings. The number of amides is 1. The Bertz CT molecular complexity index is 650. The summed E-state index contributed by atoms with van der Waals surface area (Å²) in [4.78, 5) is 18.0. The molecule has 1 atom stereocenters. The van der Waals surface area contributed by atoms with Gasteiger partial charge in [-0.05, 0) is 18.2 Å². The molecule has 0 N–H and O–H groups in total. The van der Waals surface area contributed by atoms with Crippen LogP contribution in [-0.2, 0) is 4.74 Å². The molecule has 0 radical (unpaired) electrons. The molecule has 0 bridgehead atoms. The van der Waals surface area contributed by atoms with Gasteiger partial charge in [-0.2, -0.15) is 4.98 Å². The molecule has 1 aromatic carbocycles. The third kappa shape index (κ3) is 2.81. The monoisotopic (exact) mass is 355 g/mol. The van der Waals surface area contributed by atoms with Crippen molar-refractivity contribution in [1.82, 2.24) is 15.0 Å². The summed E-state index contributed by atoms with van der Waals surface area (Å²) >= 11 is 3.17. The van der Waals surface area contributed by atoms with Gasteiger partial charge in [0.2, 0.25) is 6.39 Å². The van der Waals surface area contributed by atoms with Crippen molar-refractivity contribution >= 4 is 21.8 Å². The highest BCUT2D eigenvalue weighted by Crippen LogP contribution is 2.25. The molecule has 0 saturated carbocycles. The minimum absolute atomic E-state index is 0.00796. The normalized spacial score (nSPS) is 18.8. The maximum Gasteiger partial charge on any atom is 0.257 e. The summed E-state index contributed by atoms with van der Waals surface area (Å²) in [5.74, 6) is -0.647. The SMILES string of the molecule is O=C(c1ccc(Br)cc1F)N1CCOCC1c1ncon1. The van der Waals surface area contributed by atoms with Crippen LogP contribution in [0.4, 0.5) is 4.39 Å². The first-order valence-electron chi connectivity index (χ1n) is 6.27. The van der Waals surface area contributed by atoms with E-state index in [0.717, 1.165) is 0 Å². The van der Waals surface area contributed by atoms with Crippen LogP contribution >= 0.6 is 15.9 Å². The Hall–Kier alpha value is -1.80. The Balaban J connectivity index is 1.91. The summed E-state index contributed by atoms with van der Waals surface area (Å²) in [5.41, 5.74) is 0.00796. The van der Waals surface area contributed by atoms with Gasteiger partial charge in [0.05, 0.1) is 18.8 Å². The third-order valence-electron chi connectivity index (χ3n) is 3.23. The van der Waals surface area contributed by atoms with Crippen molar-refractivity contribution < 1.29 is 18.4 Å². The van der Waals surface area contributed by atoms with Crippen LogP contribution in [0.2, 0.25) is 0 Å². The van der Waals surface area contributed by atoms with Crippen molar-refractivity contribution in [1.29, 1.82) is 0 Å². The molecule has 0 spiro atoms. The van der Waals surface area contributed by atoms with Gasteiger partial charge in [0.1, 0.15) is 11.9 Å². The Morgan fingerprint density at radius 1 is 1.48 bits per heavy atom. The fourth-order valence-corrected chi connectivity index (χ4v) is 2.54. The van der Waals surface area contributed by atoms with Crippen LogP contribution in [0.25, 0.3) is 0 Å². The summed E-state index contributed by atoms with van der Waals surface area (Å²) in [7, 11) is 0. The molecule has 1 aliphatic heterocycles. The summed E-state index contributed by atoms with van der Waals surface area (Å²) < 4.78 is 24.6. The molecule has 110 valence electrons. The molecule has 6 nitrogen and oxygen atoms in total. The zero-order valence-corrected chi connectivity index (χ0v) is 12.4. The van der Waals surface area contributed by atoms with Crippen LogP contribution in [0.3, 0.4) is 0 Å². The van der Waals surface area contributed by atoms with E-state index in [4.69, 9.17) is 9.26 Å². The van der Waals surface area contributed by atoms with Crippen LogP contribution in [0, 0.1) is 5.82 Å². The van der Waals surface area contributed by atoms with Gasteiger partial charge in [0.25, 0.3) is 5.91 Å². The molecule has 1 aromatic heterocycles. The second-order valence-electron chi connectivity index (χ2n) is 4.50. The van der Waals surface area contributed by atoms with E-state index in [1.165, 1.54) is 23.4 Å². The van der Waals surface area contributed by atoms with Crippen LogP contribution in [0.15, 0.2) is 33.6 Å². The average molecular weight is 356 g/mol. The Labute approximate surface area is 128 Å². The molecule has 2 aromatic rings. The first kappa shape index (κ1) is 14.2. The maximum absolute atomic E-state index is 14.0. The summed E-state index contributed by atoms with van der Waals surface area (Å²) in [6.07, 6.45) is 1.19. The predicted molar refractivity (Wildman–Crippen MR) is 73.0 cm³/mol. The molecule has 8 heteroatoms. The van der Waals surface area contributed by atoms with Crippen molar-refractivity contribution in [3.63, 3.8) is 0 Å². The molecular formula is C13H11BrFN3O3. The van der Waals surface area contributed by atoms with Crippen molar-refractivity contribution in [3.8, 4) is 0 Å². The number of morpholine rings is 1. The van der Waals surface area contributed by atoms with Crippen LogP contribution < -0.4 is 0 Å². The number of carbonyl (C=O) groups is 1. The minimum Gasteiger partial charge on any atom is -0.377 e. The summed E-state index contributed by atoms with van der Waals surface area (Å²) in [5, 5.41) is 3.74. The van der Waals surface area contributed by atoms with Gasteiger partial charge in [0, 0.05) is 11.0 Å². The summed E-state index contributed by atoms with van der Waals surface area (Å²) in [6, 6.07) is 3.86. The third-order valence-corrected chi connectivity index (χ3v) is 3.72. The number of carbonyl (C=O) groups excluding carboxylic acids is 1. The zero-order valence-electron chi connectivity index (χ0n) is 10.8. The van der Waals surface area contributed by atoms with E-state index in [2.05, 4.69) is 26.1 Å². The summed E-state index contributed by atoms with van der Waals surface area (Å²) in [6.45, 7) is 0.981. The Morgan fingerprint density at radius 3 is 3.05 bits per heavy atom. The standard InChI is InChI=1S/C13H11BrFN3O3/c14-8-1-2-9(10(15)5-8)13(19)18-3-4-20-6-11(18)12-16-7-21-17-12/h1-2,5,7,11H,3-4,6H2. The fourth-order valence-electron chi connectivity index (χ4n) is 2.20. The van der Waals surface area contributed by atoms with E-state index in [0.29, 0.717) is 23.4 Å². The lowest BCUT2D eigenvalue weighted by molar-refractivity contribution is -0.00600. The van der Waals surface area contributed by atoms with Crippen molar-refractivity contribution in [2.24, 2.45) is 0 Å². The van der Waals surface area contributed by atoms with Gasteiger partial charge < -0.3 is 14.2 Å². The minimum atomic E-state index is -0.576. The van der Waals surface area contributed by atoms with Gasteiger partial charge in [-0.1, -0.05) is 21.1 Å².